The van der Waals surface area contributed by atoms with Crippen LogP contribution in [0.1, 0.15) is 31.9 Å². The van der Waals surface area contributed by atoms with Gasteiger partial charge in [0.1, 0.15) is 5.75 Å². The van der Waals surface area contributed by atoms with Crippen molar-refractivity contribution in [3.63, 3.8) is 0 Å². The van der Waals surface area contributed by atoms with Crippen LogP contribution in [0.2, 0.25) is 0 Å². The zero-order valence-electron chi connectivity index (χ0n) is 11.2. The van der Waals surface area contributed by atoms with E-state index < -0.39 is 0 Å². The van der Waals surface area contributed by atoms with Crippen molar-refractivity contribution in [3.05, 3.63) is 29.8 Å². The summed E-state index contributed by atoms with van der Waals surface area (Å²) < 4.78 is 5.74. The molecule has 2 heteroatoms. The molecule has 1 aromatic carbocycles. The maximum atomic E-state index is 5.74. The third-order valence-corrected chi connectivity index (χ3v) is 2.48. The van der Waals surface area contributed by atoms with E-state index >= 15 is 0 Å². The Labute approximate surface area is 104 Å². The minimum atomic E-state index is 0.515. The Morgan fingerprint density at radius 2 is 2.06 bits per heavy atom. The summed E-state index contributed by atoms with van der Waals surface area (Å²) in [6, 6.07) is 3.99. The van der Waals surface area contributed by atoms with Gasteiger partial charge in [0.05, 0.1) is 12.3 Å². The second-order valence-electron chi connectivity index (χ2n) is 4.78. The number of hydrogen-bond donors (Lipinski definition) is 0. The monoisotopic (exact) mass is 231 g/mol. The van der Waals surface area contributed by atoms with Crippen LogP contribution >= 0.6 is 0 Å². The third-order valence-electron chi connectivity index (χ3n) is 2.48. The van der Waals surface area contributed by atoms with Gasteiger partial charge in [0.15, 0.2) is 0 Å². The van der Waals surface area contributed by atoms with Gasteiger partial charge in [0.25, 0.3) is 0 Å². The highest BCUT2D eigenvalue weighted by molar-refractivity contribution is 5.76. The number of nitrogens with zero attached hydrogens (tertiary/aromatic N) is 1. The maximum absolute atomic E-state index is 5.74. The zero-order chi connectivity index (χ0) is 13.0. The first-order chi connectivity index (χ1) is 7.95. The minimum absolute atomic E-state index is 0.515. The summed E-state index contributed by atoms with van der Waals surface area (Å²) in [6.07, 6.45) is 0. The molecule has 0 bridgehead atoms. The van der Waals surface area contributed by atoms with E-state index in [2.05, 4.69) is 32.1 Å². The lowest BCUT2D eigenvalue weighted by Gasteiger charge is -2.14. The number of ether oxygens (including phenoxy) is 1. The molecule has 92 valence electrons. The molecular formula is C15H21NO. The molecule has 0 aliphatic heterocycles. The second kappa shape index (κ2) is 5.67. The van der Waals surface area contributed by atoms with E-state index in [1.807, 2.05) is 26.0 Å². The van der Waals surface area contributed by atoms with E-state index in [0.29, 0.717) is 5.92 Å². The normalized spacial score (nSPS) is 10.4. The quantitative estimate of drug-likeness (QED) is 0.688. The van der Waals surface area contributed by atoms with Gasteiger partial charge < -0.3 is 4.74 Å². The first-order valence-corrected chi connectivity index (χ1v) is 5.85. The van der Waals surface area contributed by atoms with Crippen molar-refractivity contribution < 1.29 is 4.74 Å². The molecule has 0 aliphatic rings. The largest absolute Gasteiger partial charge is 0.493 e. The average Bonchev–Trinajstić information content (AvgIpc) is 2.25. The number of aliphatic imine (C=N–C) groups is 1. The molecule has 0 radical (unpaired) electrons. The summed E-state index contributed by atoms with van der Waals surface area (Å²) in [5.41, 5.74) is 3.96. The number of rotatable bonds is 5. The molecule has 0 saturated carbocycles. The lowest BCUT2D eigenvalue weighted by molar-refractivity contribution is 0.271. The highest BCUT2D eigenvalue weighted by atomic mass is 16.5. The SMILES string of the molecule is C=Nc1c(C)cc(OCC(C)C)cc1C(=C)C. The number of benzene rings is 1. The van der Waals surface area contributed by atoms with Crippen LogP contribution in [0.15, 0.2) is 23.7 Å². The summed E-state index contributed by atoms with van der Waals surface area (Å²) >= 11 is 0. The van der Waals surface area contributed by atoms with Crippen LogP contribution in [0, 0.1) is 12.8 Å². The standard InChI is InChI=1S/C15H21NO/c1-10(2)9-17-13-7-12(5)15(16-6)14(8-13)11(3)4/h7-8,10H,3,6,9H2,1-2,4-5H3. The van der Waals surface area contributed by atoms with Crippen molar-refractivity contribution >= 4 is 18.0 Å². The van der Waals surface area contributed by atoms with Crippen molar-refractivity contribution in [2.75, 3.05) is 6.61 Å². The van der Waals surface area contributed by atoms with E-state index in [9.17, 15) is 0 Å². The van der Waals surface area contributed by atoms with Gasteiger partial charge in [0, 0.05) is 5.56 Å². The predicted octanol–water partition coefficient (Wildman–Crippen LogP) is 4.40. The van der Waals surface area contributed by atoms with Crippen molar-refractivity contribution in [2.24, 2.45) is 10.9 Å². The summed E-state index contributed by atoms with van der Waals surface area (Å²) in [4.78, 5) is 4.06. The van der Waals surface area contributed by atoms with Crippen molar-refractivity contribution in [1.29, 1.82) is 0 Å². The van der Waals surface area contributed by atoms with Crippen molar-refractivity contribution in [3.8, 4) is 5.75 Å². The summed E-state index contributed by atoms with van der Waals surface area (Å²) in [5, 5.41) is 0. The smallest absolute Gasteiger partial charge is 0.120 e. The Bertz CT molecular complexity index is 433. The predicted molar refractivity (Wildman–Crippen MR) is 75.4 cm³/mol. The molecule has 1 aromatic rings. The molecule has 2 nitrogen and oxygen atoms in total. The molecule has 17 heavy (non-hydrogen) atoms. The summed E-state index contributed by atoms with van der Waals surface area (Å²) in [5.74, 6) is 1.39. The van der Waals surface area contributed by atoms with Gasteiger partial charge in [-0.05, 0) is 49.8 Å². The lowest BCUT2D eigenvalue weighted by Crippen LogP contribution is -2.05. The molecule has 0 fully saturated rings. The Balaban J connectivity index is 3.10. The van der Waals surface area contributed by atoms with Crippen LogP contribution in [-0.2, 0) is 0 Å². The molecule has 1 rings (SSSR count). The number of hydrogen-bond acceptors (Lipinski definition) is 2. The van der Waals surface area contributed by atoms with E-state index in [4.69, 9.17) is 4.74 Å². The van der Waals surface area contributed by atoms with Gasteiger partial charge in [0.2, 0.25) is 0 Å². The topological polar surface area (TPSA) is 21.6 Å². The van der Waals surface area contributed by atoms with Crippen LogP contribution in [0.3, 0.4) is 0 Å². The zero-order valence-corrected chi connectivity index (χ0v) is 11.2. The molecule has 0 unspecified atom stereocenters. The molecule has 0 spiro atoms. The van der Waals surface area contributed by atoms with Gasteiger partial charge in [-0.1, -0.05) is 20.4 Å². The molecule has 0 aromatic heterocycles. The van der Waals surface area contributed by atoms with Crippen molar-refractivity contribution in [1.82, 2.24) is 0 Å². The molecule has 0 N–H and O–H groups in total. The fraction of sp³-hybridized carbons (Fsp3) is 0.400. The molecule has 0 amide bonds. The van der Waals surface area contributed by atoms with Gasteiger partial charge in [-0.2, -0.15) is 0 Å². The highest BCUT2D eigenvalue weighted by Crippen LogP contribution is 2.33. The first kappa shape index (κ1) is 13.5. The van der Waals surface area contributed by atoms with E-state index in [0.717, 1.165) is 34.7 Å². The molecule has 0 heterocycles. The van der Waals surface area contributed by atoms with Gasteiger partial charge >= 0.3 is 0 Å². The van der Waals surface area contributed by atoms with Crippen LogP contribution in [0.5, 0.6) is 5.75 Å². The summed E-state index contributed by atoms with van der Waals surface area (Å²) in [6.45, 7) is 16.5. The van der Waals surface area contributed by atoms with Gasteiger partial charge in [-0.25, -0.2) is 0 Å². The van der Waals surface area contributed by atoms with Crippen LogP contribution < -0.4 is 4.74 Å². The van der Waals surface area contributed by atoms with Crippen molar-refractivity contribution in [2.45, 2.75) is 27.7 Å². The second-order valence-corrected chi connectivity index (χ2v) is 4.78. The Morgan fingerprint density at radius 1 is 1.41 bits per heavy atom. The number of allylic oxidation sites excluding steroid dienone is 1. The summed E-state index contributed by atoms with van der Waals surface area (Å²) in [7, 11) is 0. The Morgan fingerprint density at radius 3 is 2.53 bits per heavy atom. The lowest BCUT2D eigenvalue weighted by atomic mass is 10.0. The van der Waals surface area contributed by atoms with E-state index in [1.54, 1.807) is 0 Å². The maximum Gasteiger partial charge on any atom is 0.120 e. The third kappa shape index (κ3) is 3.45. The molecule has 0 aliphatic carbocycles. The van der Waals surface area contributed by atoms with E-state index in [1.165, 1.54) is 0 Å². The fourth-order valence-electron chi connectivity index (χ4n) is 1.63. The van der Waals surface area contributed by atoms with Gasteiger partial charge in [-0.15, -0.1) is 0 Å². The fourth-order valence-corrected chi connectivity index (χ4v) is 1.63. The molecular weight excluding hydrogens is 210 g/mol. The van der Waals surface area contributed by atoms with Gasteiger partial charge in [-0.3, -0.25) is 4.99 Å². The minimum Gasteiger partial charge on any atom is -0.493 e. The molecule has 0 saturated heterocycles. The molecule has 0 atom stereocenters. The Hall–Kier alpha value is -1.57. The average molecular weight is 231 g/mol. The number of aryl methyl sites for hydroxylation is 1. The van der Waals surface area contributed by atoms with E-state index in [-0.39, 0.29) is 0 Å². The van der Waals surface area contributed by atoms with Crippen LogP contribution in [0.25, 0.3) is 5.57 Å². The van der Waals surface area contributed by atoms with Crippen LogP contribution in [0.4, 0.5) is 5.69 Å². The van der Waals surface area contributed by atoms with Crippen LogP contribution in [-0.4, -0.2) is 13.3 Å². The Kier molecular flexibility index (Phi) is 4.50. The first-order valence-electron chi connectivity index (χ1n) is 5.85. The highest BCUT2D eigenvalue weighted by Gasteiger charge is 2.08.